The van der Waals surface area contributed by atoms with Gasteiger partial charge < -0.3 is 20.8 Å². The molecule has 6 heteroatoms. The van der Waals surface area contributed by atoms with Gasteiger partial charge in [-0.3, -0.25) is 4.79 Å². The minimum atomic E-state index is -0.160. The standard InChI is InChI=1S/C23H30N4O2/c24-14-16-9-11-17(12-10-16)23(28)27-19-7-2-1-5-13-29-21-8-4-3-6-18(21)20-15-25-22(19)26-20/h1-4,6,8,15-17,19H,5,7,9-14,24H2,(H,25,26)(H,27,28)/b2-1+/t16-,17-,19-/m0/s1. The molecule has 0 saturated heterocycles. The second-order valence-electron chi connectivity index (χ2n) is 8.03. The van der Waals surface area contributed by atoms with Crippen molar-refractivity contribution in [3.63, 3.8) is 0 Å². The lowest BCUT2D eigenvalue weighted by molar-refractivity contribution is -0.127. The number of hydrogen-bond donors (Lipinski definition) is 3. The molecule has 2 heterocycles. The van der Waals surface area contributed by atoms with Crippen LogP contribution in [-0.4, -0.2) is 29.0 Å². The molecule has 2 aromatic rings. The molecule has 1 atom stereocenters. The molecule has 1 amide bonds. The predicted molar refractivity (Wildman–Crippen MR) is 113 cm³/mol. The smallest absolute Gasteiger partial charge is 0.223 e. The van der Waals surface area contributed by atoms with E-state index in [2.05, 4.69) is 22.5 Å². The number of fused-ring (bicyclic) bond motifs is 4. The maximum atomic E-state index is 12.9. The minimum Gasteiger partial charge on any atom is -0.493 e. The van der Waals surface area contributed by atoms with Crippen LogP contribution in [0.1, 0.15) is 50.4 Å². The van der Waals surface area contributed by atoms with E-state index in [4.69, 9.17) is 15.5 Å². The number of amides is 1. The first-order chi connectivity index (χ1) is 14.2. The quantitative estimate of drug-likeness (QED) is 0.692. The zero-order chi connectivity index (χ0) is 20.1. The van der Waals surface area contributed by atoms with E-state index in [0.29, 0.717) is 18.9 Å². The van der Waals surface area contributed by atoms with Crippen LogP contribution in [0.15, 0.2) is 42.6 Å². The number of rotatable bonds is 3. The van der Waals surface area contributed by atoms with Gasteiger partial charge in [0.2, 0.25) is 5.91 Å². The Morgan fingerprint density at radius 1 is 1.21 bits per heavy atom. The molecule has 4 rings (SSSR count). The third kappa shape index (κ3) is 4.70. The Balaban J connectivity index is 1.53. The van der Waals surface area contributed by atoms with Crippen molar-refractivity contribution in [2.75, 3.05) is 13.2 Å². The first kappa shape index (κ1) is 19.7. The average Bonchev–Trinajstić information content (AvgIpc) is 3.25. The predicted octanol–water partition coefficient (Wildman–Crippen LogP) is 3.73. The van der Waals surface area contributed by atoms with Crippen molar-refractivity contribution in [3.8, 4) is 17.0 Å². The lowest BCUT2D eigenvalue weighted by atomic mass is 9.81. The summed E-state index contributed by atoms with van der Waals surface area (Å²) in [7, 11) is 0. The summed E-state index contributed by atoms with van der Waals surface area (Å²) in [5.74, 6) is 2.39. The molecular weight excluding hydrogens is 364 g/mol. The van der Waals surface area contributed by atoms with E-state index in [1.807, 2.05) is 30.5 Å². The molecule has 29 heavy (non-hydrogen) atoms. The maximum absolute atomic E-state index is 12.9. The number of para-hydroxylation sites is 1. The van der Waals surface area contributed by atoms with E-state index >= 15 is 0 Å². The van der Waals surface area contributed by atoms with Gasteiger partial charge in [0.05, 0.1) is 18.3 Å². The molecule has 0 unspecified atom stereocenters. The van der Waals surface area contributed by atoms with Crippen molar-refractivity contribution in [1.82, 2.24) is 15.3 Å². The van der Waals surface area contributed by atoms with Crippen LogP contribution in [0.2, 0.25) is 0 Å². The third-order valence-corrected chi connectivity index (χ3v) is 6.04. The molecule has 154 valence electrons. The summed E-state index contributed by atoms with van der Waals surface area (Å²) in [4.78, 5) is 21.0. The van der Waals surface area contributed by atoms with Crippen LogP contribution < -0.4 is 15.8 Å². The van der Waals surface area contributed by atoms with E-state index in [9.17, 15) is 4.79 Å². The molecule has 2 aliphatic rings. The first-order valence-corrected chi connectivity index (χ1v) is 10.7. The summed E-state index contributed by atoms with van der Waals surface area (Å²) >= 11 is 0. The van der Waals surface area contributed by atoms with E-state index in [1.165, 1.54) is 0 Å². The topological polar surface area (TPSA) is 93.0 Å². The molecule has 4 N–H and O–H groups in total. The Hall–Kier alpha value is -2.60. The molecule has 1 aliphatic heterocycles. The van der Waals surface area contributed by atoms with Gasteiger partial charge in [-0.15, -0.1) is 0 Å². The second kappa shape index (κ2) is 9.27. The molecule has 1 fully saturated rings. The number of hydrogen-bond acceptors (Lipinski definition) is 4. The highest BCUT2D eigenvalue weighted by molar-refractivity contribution is 5.79. The number of nitrogens with two attached hydrogens (primary N) is 1. The van der Waals surface area contributed by atoms with Crippen molar-refractivity contribution in [2.24, 2.45) is 17.6 Å². The van der Waals surface area contributed by atoms with Crippen molar-refractivity contribution in [1.29, 1.82) is 0 Å². The van der Waals surface area contributed by atoms with E-state index in [1.54, 1.807) is 0 Å². The Morgan fingerprint density at radius 3 is 2.86 bits per heavy atom. The zero-order valence-electron chi connectivity index (χ0n) is 16.8. The van der Waals surface area contributed by atoms with Gasteiger partial charge >= 0.3 is 0 Å². The summed E-state index contributed by atoms with van der Waals surface area (Å²) in [6.07, 6.45) is 11.6. The van der Waals surface area contributed by atoms with Crippen LogP contribution >= 0.6 is 0 Å². The number of nitrogens with one attached hydrogen (secondary N) is 2. The van der Waals surface area contributed by atoms with Crippen LogP contribution in [0.4, 0.5) is 0 Å². The zero-order valence-corrected chi connectivity index (χ0v) is 16.8. The number of benzene rings is 1. The Bertz CT molecular complexity index is 852. The summed E-state index contributed by atoms with van der Waals surface area (Å²) in [6, 6.07) is 7.78. The lowest BCUT2D eigenvalue weighted by Crippen LogP contribution is -2.36. The number of aromatic amines is 1. The highest BCUT2D eigenvalue weighted by Crippen LogP contribution is 2.31. The molecule has 1 aromatic heterocycles. The lowest BCUT2D eigenvalue weighted by Gasteiger charge is -2.28. The van der Waals surface area contributed by atoms with Gasteiger partial charge in [-0.2, -0.15) is 0 Å². The van der Waals surface area contributed by atoms with Crippen molar-refractivity contribution >= 4 is 5.91 Å². The third-order valence-electron chi connectivity index (χ3n) is 6.04. The molecule has 6 nitrogen and oxygen atoms in total. The Kier molecular flexibility index (Phi) is 6.30. The second-order valence-corrected chi connectivity index (χ2v) is 8.03. The monoisotopic (exact) mass is 394 g/mol. The molecule has 0 spiro atoms. The number of ether oxygens (including phenoxy) is 1. The normalized spacial score (nSPS) is 25.6. The van der Waals surface area contributed by atoms with Crippen LogP contribution in [-0.2, 0) is 4.79 Å². The SMILES string of the molecule is NC[C@H]1CC[C@H](C(=O)N[C@H]2C/C=C/CCOc3ccccc3-c3c[nH]c2n3)CC1. The number of carbonyl (C=O) groups is 1. The average molecular weight is 395 g/mol. The fourth-order valence-electron chi connectivity index (χ4n) is 4.23. The molecule has 1 aliphatic carbocycles. The molecule has 1 saturated carbocycles. The summed E-state index contributed by atoms with van der Waals surface area (Å²) in [5, 5.41) is 3.25. The number of nitrogens with zero attached hydrogens (tertiary/aromatic N) is 1. The fourth-order valence-corrected chi connectivity index (χ4v) is 4.23. The van der Waals surface area contributed by atoms with Gasteiger partial charge in [0.1, 0.15) is 11.6 Å². The number of imidazole rings is 1. The van der Waals surface area contributed by atoms with Crippen LogP contribution in [0.5, 0.6) is 5.75 Å². The van der Waals surface area contributed by atoms with E-state index < -0.39 is 0 Å². The molecule has 1 aromatic carbocycles. The van der Waals surface area contributed by atoms with Gasteiger partial charge in [0, 0.05) is 17.7 Å². The maximum Gasteiger partial charge on any atom is 0.223 e. The summed E-state index contributed by atoms with van der Waals surface area (Å²) in [6.45, 7) is 1.34. The largest absolute Gasteiger partial charge is 0.493 e. The van der Waals surface area contributed by atoms with Gasteiger partial charge in [-0.25, -0.2) is 4.98 Å². The van der Waals surface area contributed by atoms with Crippen LogP contribution in [0.3, 0.4) is 0 Å². The fraction of sp³-hybridized carbons (Fsp3) is 0.478. The van der Waals surface area contributed by atoms with Crippen molar-refractivity contribution in [3.05, 3.63) is 48.4 Å². The van der Waals surface area contributed by atoms with Crippen LogP contribution in [0.25, 0.3) is 11.3 Å². The van der Waals surface area contributed by atoms with Gasteiger partial charge in [-0.05, 0) is 63.1 Å². The van der Waals surface area contributed by atoms with Gasteiger partial charge in [0.15, 0.2) is 0 Å². The minimum absolute atomic E-state index is 0.0757. The Morgan fingerprint density at radius 2 is 2.03 bits per heavy atom. The van der Waals surface area contributed by atoms with Gasteiger partial charge in [0.25, 0.3) is 0 Å². The highest BCUT2D eigenvalue weighted by Gasteiger charge is 2.28. The number of H-pyrrole nitrogens is 1. The van der Waals surface area contributed by atoms with Crippen molar-refractivity contribution in [2.45, 2.75) is 44.6 Å². The van der Waals surface area contributed by atoms with E-state index in [0.717, 1.165) is 61.5 Å². The van der Waals surface area contributed by atoms with Gasteiger partial charge in [-0.1, -0.05) is 24.3 Å². The molecular formula is C23H30N4O2. The molecule has 2 bridgehead atoms. The number of carbonyl (C=O) groups excluding carboxylic acids is 1. The highest BCUT2D eigenvalue weighted by atomic mass is 16.5. The molecule has 0 radical (unpaired) electrons. The van der Waals surface area contributed by atoms with E-state index in [-0.39, 0.29) is 17.9 Å². The Labute approximate surface area is 171 Å². The van der Waals surface area contributed by atoms with Crippen LogP contribution in [0, 0.1) is 11.8 Å². The summed E-state index contributed by atoms with van der Waals surface area (Å²) < 4.78 is 5.93. The number of aromatic nitrogens is 2. The first-order valence-electron chi connectivity index (χ1n) is 10.7. The van der Waals surface area contributed by atoms with Crippen molar-refractivity contribution < 1.29 is 9.53 Å². The summed E-state index contributed by atoms with van der Waals surface area (Å²) in [5.41, 5.74) is 7.58.